The molecule has 0 aliphatic heterocycles. The summed E-state index contributed by atoms with van der Waals surface area (Å²) >= 11 is 0. The first-order chi connectivity index (χ1) is 9.71. The minimum Gasteiger partial charge on any atom is -0.494 e. The summed E-state index contributed by atoms with van der Waals surface area (Å²) in [4.78, 5) is 11.8. The van der Waals surface area contributed by atoms with Gasteiger partial charge in [-0.2, -0.15) is 0 Å². The van der Waals surface area contributed by atoms with Gasteiger partial charge in [-0.3, -0.25) is 0 Å². The van der Waals surface area contributed by atoms with Gasteiger partial charge in [-0.05, 0) is 38.0 Å². The Bertz CT molecular complexity index is 386. The largest absolute Gasteiger partial charge is 0.494 e. The van der Waals surface area contributed by atoms with Crippen molar-refractivity contribution in [3.63, 3.8) is 0 Å². The van der Waals surface area contributed by atoms with Crippen LogP contribution in [0.5, 0.6) is 5.75 Å². The molecule has 1 atom stereocenters. The van der Waals surface area contributed by atoms with Gasteiger partial charge in [-0.25, -0.2) is 4.79 Å². The second-order valence-corrected chi connectivity index (χ2v) is 4.39. The minimum absolute atomic E-state index is 0.305. The van der Waals surface area contributed by atoms with Gasteiger partial charge in [0.05, 0.1) is 13.2 Å². The molecule has 0 saturated carbocycles. The van der Waals surface area contributed by atoms with Crippen LogP contribution in [0, 0.1) is 0 Å². The molecule has 0 saturated heterocycles. The van der Waals surface area contributed by atoms with E-state index in [4.69, 9.17) is 14.2 Å². The third kappa shape index (κ3) is 5.61. The van der Waals surface area contributed by atoms with Crippen molar-refractivity contribution in [2.24, 2.45) is 0 Å². The fraction of sp³-hybridized carbons (Fsp3) is 0.562. The van der Waals surface area contributed by atoms with Crippen molar-refractivity contribution in [1.82, 2.24) is 0 Å². The van der Waals surface area contributed by atoms with E-state index in [0.717, 1.165) is 17.7 Å². The Hall–Kier alpha value is -1.55. The number of rotatable bonds is 9. The van der Waals surface area contributed by atoms with Crippen molar-refractivity contribution in [3.05, 3.63) is 29.8 Å². The highest BCUT2D eigenvalue weighted by molar-refractivity contribution is 5.75. The number of ether oxygens (including phenoxy) is 3. The number of benzene rings is 1. The Morgan fingerprint density at radius 3 is 2.35 bits per heavy atom. The van der Waals surface area contributed by atoms with Crippen LogP contribution >= 0.6 is 0 Å². The molecule has 4 heteroatoms. The second-order valence-electron chi connectivity index (χ2n) is 4.39. The number of hydrogen-bond donors (Lipinski definition) is 0. The molecule has 0 aromatic heterocycles. The molecule has 0 fully saturated rings. The van der Waals surface area contributed by atoms with Crippen LogP contribution in [0.2, 0.25) is 0 Å². The molecule has 0 radical (unpaired) electrons. The van der Waals surface area contributed by atoms with Crippen LogP contribution in [0.1, 0.15) is 32.8 Å². The van der Waals surface area contributed by atoms with E-state index in [0.29, 0.717) is 26.2 Å². The standard InChI is InChI=1S/C16H24O4/c1-4-11-20-14-9-7-13(8-10-14)12-15(18-5-2)16(17)19-6-3/h7-10,15H,4-6,11-12H2,1-3H3. The molecule has 112 valence electrons. The number of carbonyl (C=O) groups is 1. The molecule has 0 aliphatic carbocycles. The normalized spacial score (nSPS) is 11.9. The van der Waals surface area contributed by atoms with Crippen LogP contribution in [0.3, 0.4) is 0 Å². The fourth-order valence-electron chi connectivity index (χ4n) is 1.80. The van der Waals surface area contributed by atoms with Crippen molar-refractivity contribution < 1.29 is 19.0 Å². The zero-order chi connectivity index (χ0) is 14.8. The first kappa shape index (κ1) is 16.5. The first-order valence-electron chi connectivity index (χ1n) is 7.21. The van der Waals surface area contributed by atoms with Crippen LogP contribution < -0.4 is 4.74 Å². The lowest BCUT2D eigenvalue weighted by molar-refractivity contribution is -0.156. The third-order valence-electron chi connectivity index (χ3n) is 2.73. The molecule has 0 aliphatic rings. The van der Waals surface area contributed by atoms with Gasteiger partial charge in [-0.15, -0.1) is 0 Å². The van der Waals surface area contributed by atoms with Crippen LogP contribution in [0.15, 0.2) is 24.3 Å². The molecule has 1 aromatic carbocycles. The van der Waals surface area contributed by atoms with E-state index >= 15 is 0 Å². The molecule has 0 spiro atoms. The number of carbonyl (C=O) groups excluding carboxylic acids is 1. The maximum Gasteiger partial charge on any atom is 0.335 e. The molecule has 4 nitrogen and oxygen atoms in total. The quantitative estimate of drug-likeness (QED) is 0.652. The summed E-state index contributed by atoms with van der Waals surface area (Å²) in [6.45, 7) is 7.30. The predicted octanol–water partition coefficient (Wildman–Crippen LogP) is 2.99. The summed E-state index contributed by atoms with van der Waals surface area (Å²) in [6, 6.07) is 7.74. The number of hydrogen-bond acceptors (Lipinski definition) is 4. The van der Waals surface area contributed by atoms with Crippen LogP contribution in [0.25, 0.3) is 0 Å². The summed E-state index contributed by atoms with van der Waals surface area (Å²) in [5.41, 5.74) is 1.03. The van der Waals surface area contributed by atoms with Crippen LogP contribution in [0.4, 0.5) is 0 Å². The van der Waals surface area contributed by atoms with Crippen LogP contribution in [-0.4, -0.2) is 31.9 Å². The van der Waals surface area contributed by atoms with E-state index in [9.17, 15) is 4.79 Å². The smallest absolute Gasteiger partial charge is 0.335 e. The van der Waals surface area contributed by atoms with Gasteiger partial charge in [0.2, 0.25) is 0 Å². The van der Waals surface area contributed by atoms with E-state index in [-0.39, 0.29) is 5.97 Å². The zero-order valence-electron chi connectivity index (χ0n) is 12.6. The predicted molar refractivity (Wildman–Crippen MR) is 78.0 cm³/mol. The molecular weight excluding hydrogens is 256 g/mol. The molecule has 20 heavy (non-hydrogen) atoms. The van der Waals surface area contributed by atoms with Gasteiger partial charge in [0.25, 0.3) is 0 Å². The molecule has 0 bridgehead atoms. The lowest BCUT2D eigenvalue weighted by Gasteiger charge is -2.15. The van der Waals surface area contributed by atoms with Gasteiger partial charge in [0.1, 0.15) is 5.75 Å². The summed E-state index contributed by atoms with van der Waals surface area (Å²) in [5, 5.41) is 0. The van der Waals surface area contributed by atoms with Crippen molar-refractivity contribution in [2.45, 2.75) is 39.7 Å². The van der Waals surface area contributed by atoms with Gasteiger partial charge in [-0.1, -0.05) is 19.1 Å². The average Bonchev–Trinajstić information content (AvgIpc) is 2.46. The van der Waals surface area contributed by atoms with Gasteiger partial charge >= 0.3 is 5.97 Å². The lowest BCUT2D eigenvalue weighted by Crippen LogP contribution is -2.28. The third-order valence-corrected chi connectivity index (χ3v) is 2.73. The molecule has 1 aromatic rings. The second kappa shape index (κ2) is 9.37. The SMILES string of the molecule is CCCOc1ccc(CC(OCC)C(=O)OCC)cc1. The lowest BCUT2D eigenvalue weighted by atomic mass is 10.1. The Labute approximate surface area is 121 Å². The highest BCUT2D eigenvalue weighted by Crippen LogP contribution is 2.15. The minimum atomic E-state index is -0.539. The van der Waals surface area contributed by atoms with Crippen LogP contribution in [-0.2, 0) is 20.7 Å². The Kier molecular flexibility index (Phi) is 7.73. The van der Waals surface area contributed by atoms with Gasteiger partial charge < -0.3 is 14.2 Å². The summed E-state index contributed by atoms with van der Waals surface area (Å²) in [6.07, 6.45) is 0.958. The Morgan fingerprint density at radius 2 is 1.80 bits per heavy atom. The maximum absolute atomic E-state index is 11.8. The first-order valence-corrected chi connectivity index (χ1v) is 7.21. The highest BCUT2D eigenvalue weighted by Gasteiger charge is 2.20. The van der Waals surface area contributed by atoms with E-state index in [1.807, 2.05) is 31.2 Å². The van der Waals surface area contributed by atoms with Gasteiger partial charge in [0, 0.05) is 13.0 Å². The molecule has 1 rings (SSSR count). The summed E-state index contributed by atoms with van der Waals surface area (Å²) in [7, 11) is 0. The van der Waals surface area contributed by atoms with E-state index in [1.54, 1.807) is 6.92 Å². The summed E-state index contributed by atoms with van der Waals surface area (Å²) in [5.74, 6) is 0.542. The average molecular weight is 280 g/mol. The Morgan fingerprint density at radius 1 is 1.10 bits per heavy atom. The van der Waals surface area contributed by atoms with Crippen molar-refractivity contribution in [3.8, 4) is 5.75 Å². The van der Waals surface area contributed by atoms with E-state index in [2.05, 4.69) is 6.92 Å². The number of esters is 1. The maximum atomic E-state index is 11.8. The van der Waals surface area contributed by atoms with Crippen molar-refractivity contribution in [2.75, 3.05) is 19.8 Å². The molecule has 0 N–H and O–H groups in total. The Balaban J connectivity index is 2.61. The molecule has 1 unspecified atom stereocenters. The topological polar surface area (TPSA) is 44.8 Å². The summed E-state index contributed by atoms with van der Waals surface area (Å²) < 4.78 is 16.0. The monoisotopic (exact) mass is 280 g/mol. The van der Waals surface area contributed by atoms with Gasteiger partial charge in [0.15, 0.2) is 6.10 Å². The van der Waals surface area contributed by atoms with Crippen molar-refractivity contribution >= 4 is 5.97 Å². The zero-order valence-corrected chi connectivity index (χ0v) is 12.6. The van der Waals surface area contributed by atoms with E-state index in [1.165, 1.54) is 0 Å². The van der Waals surface area contributed by atoms with Crippen molar-refractivity contribution in [1.29, 1.82) is 0 Å². The fourth-order valence-corrected chi connectivity index (χ4v) is 1.80. The van der Waals surface area contributed by atoms with E-state index < -0.39 is 6.10 Å². The molecule has 0 amide bonds. The highest BCUT2D eigenvalue weighted by atomic mass is 16.6. The molecule has 0 heterocycles. The molecular formula is C16H24O4.